The minimum atomic E-state index is -4.09. The Hall–Kier alpha value is -2.76. The van der Waals surface area contributed by atoms with Crippen LogP contribution in [-0.4, -0.2) is 46.7 Å². The second kappa shape index (κ2) is 9.16. The summed E-state index contributed by atoms with van der Waals surface area (Å²) < 4.78 is 41.9. The van der Waals surface area contributed by atoms with Gasteiger partial charge < -0.3 is 10.2 Å². The molecule has 1 N–H and O–H groups in total. The lowest BCUT2D eigenvalue weighted by molar-refractivity contribution is 0.372. The van der Waals surface area contributed by atoms with Gasteiger partial charge in [0.1, 0.15) is 11.9 Å². The fourth-order valence-electron chi connectivity index (χ4n) is 3.91. The molecule has 3 rings (SSSR count). The quantitative estimate of drug-likeness (QED) is 0.563. The standard InChI is InChI=1S/C23H27FN4O2S/c1-26-31(29,30)20-13-17(16-25)22(21(24)14-20)27-19(9-12-28(2)3)15-23(10-11-23)18-7-5-4-6-8-18/h4-8,13-14,19,27H,1,9-12,15H2,2-3H3/t19-/m1/s1. The molecule has 1 aliphatic rings. The number of anilines is 1. The molecule has 1 saturated carbocycles. The van der Waals surface area contributed by atoms with Gasteiger partial charge in [-0.3, -0.25) is 0 Å². The Balaban J connectivity index is 1.91. The third kappa shape index (κ3) is 5.30. The molecule has 164 valence electrons. The first-order valence-corrected chi connectivity index (χ1v) is 11.6. The van der Waals surface area contributed by atoms with Crippen LogP contribution < -0.4 is 5.32 Å². The summed E-state index contributed by atoms with van der Waals surface area (Å²) in [5, 5.41) is 12.8. The maximum Gasteiger partial charge on any atom is 0.281 e. The number of benzene rings is 2. The summed E-state index contributed by atoms with van der Waals surface area (Å²) in [4.78, 5) is 1.68. The second-order valence-corrected chi connectivity index (χ2v) is 10.0. The third-order valence-corrected chi connectivity index (χ3v) is 6.97. The van der Waals surface area contributed by atoms with E-state index in [1.165, 1.54) is 5.56 Å². The van der Waals surface area contributed by atoms with Crippen molar-refractivity contribution in [3.05, 3.63) is 59.4 Å². The molecule has 0 bridgehead atoms. The van der Waals surface area contributed by atoms with E-state index in [9.17, 15) is 18.1 Å². The van der Waals surface area contributed by atoms with Crippen LogP contribution in [-0.2, 0) is 15.4 Å². The van der Waals surface area contributed by atoms with Gasteiger partial charge in [0.15, 0.2) is 0 Å². The Bertz CT molecular complexity index is 1090. The van der Waals surface area contributed by atoms with E-state index in [1.807, 2.05) is 38.4 Å². The third-order valence-electron chi connectivity index (χ3n) is 5.80. The summed E-state index contributed by atoms with van der Waals surface area (Å²) >= 11 is 0. The summed E-state index contributed by atoms with van der Waals surface area (Å²) in [5.41, 5.74) is 1.27. The first kappa shape index (κ1) is 22.9. The van der Waals surface area contributed by atoms with Crippen molar-refractivity contribution in [3.8, 4) is 6.07 Å². The molecular weight excluding hydrogens is 415 g/mol. The van der Waals surface area contributed by atoms with E-state index in [1.54, 1.807) is 0 Å². The van der Waals surface area contributed by atoms with Crippen LogP contribution in [0.15, 0.2) is 51.8 Å². The Morgan fingerprint density at radius 3 is 2.52 bits per heavy atom. The molecule has 2 aromatic rings. The highest BCUT2D eigenvalue weighted by Crippen LogP contribution is 2.52. The van der Waals surface area contributed by atoms with E-state index in [2.05, 4.69) is 33.5 Å². The molecule has 0 saturated heterocycles. The molecule has 2 aromatic carbocycles. The first-order chi connectivity index (χ1) is 14.7. The number of rotatable bonds is 10. The topological polar surface area (TPSA) is 85.6 Å². The Morgan fingerprint density at radius 2 is 1.97 bits per heavy atom. The molecule has 8 heteroatoms. The summed E-state index contributed by atoms with van der Waals surface area (Å²) in [6, 6.07) is 14.1. The average Bonchev–Trinajstić information content (AvgIpc) is 3.54. The van der Waals surface area contributed by atoms with Crippen LogP contribution in [0.25, 0.3) is 0 Å². The number of sulfonamides is 1. The van der Waals surface area contributed by atoms with Crippen LogP contribution in [0.1, 0.15) is 36.8 Å². The molecule has 0 aliphatic heterocycles. The molecule has 0 heterocycles. The van der Waals surface area contributed by atoms with Crippen LogP contribution in [0.3, 0.4) is 0 Å². The van der Waals surface area contributed by atoms with Gasteiger partial charge in [0.2, 0.25) is 0 Å². The number of halogens is 1. The van der Waals surface area contributed by atoms with Gasteiger partial charge in [-0.2, -0.15) is 18.1 Å². The highest BCUT2D eigenvalue weighted by Gasteiger charge is 2.45. The van der Waals surface area contributed by atoms with Gasteiger partial charge in [0.05, 0.1) is 16.1 Å². The lowest BCUT2D eigenvalue weighted by Gasteiger charge is -2.27. The van der Waals surface area contributed by atoms with Crippen molar-refractivity contribution >= 4 is 22.4 Å². The van der Waals surface area contributed by atoms with Crippen LogP contribution in [0.4, 0.5) is 10.1 Å². The van der Waals surface area contributed by atoms with Crippen LogP contribution in [0, 0.1) is 17.1 Å². The molecular formula is C23H27FN4O2S. The maximum absolute atomic E-state index is 14.9. The van der Waals surface area contributed by atoms with Crippen molar-refractivity contribution in [2.75, 3.05) is 26.0 Å². The summed E-state index contributed by atoms with van der Waals surface area (Å²) in [5.74, 6) is -0.791. The van der Waals surface area contributed by atoms with Gasteiger partial charge in [-0.15, -0.1) is 0 Å². The Kier molecular flexibility index (Phi) is 6.77. The zero-order valence-corrected chi connectivity index (χ0v) is 18.6. The fourth-order valence-corrected chi connectivity index (χ4v) is 4.58. The predicted molar refractivity (Wildman–Crippen MR) is 120 cm³/mol. The summed E-state index contributed by atoms with van der Waals surface area (Å²) in [7, 11) is -0.133. The Labute approximate surface area is 183 Å². The van der Waals surface area contributed by atoms with E-state index in [4.69, 9.17) is 0 Å². The SMILES string of the molecule is C=NS(=O)(=O)c1cc(F)c(N[C@H](CCN(C)C)CC2(c3ccccc3)CC2)c(C#N)c1. The summed E-state index contributed by atoms with van der Waals surface area (Å²) in [6.45, 7) is 3.81. The van der Waals surface area contributed by atoms with Crippen molar-refractivity contribution in [1.29, 1.82) is 5.26 Å². The van der Waals surface area contributed by atoms with Gasteiger partial charge in [-0.25, -0.2) is 4.39 Å². The molecule has 31 heavy (non-hydrogen) atoms. The average molecular weight is 443 g/mol. The van der Waals surface area contributed by atoms with Crippen LogP contribution >= 0.6 is 0 Å². The van der Waals surface area contributed by atoms with E-state index in [-0.39, 0.29) is 27.6 Å². The molecule has 1 atom stereocenters. The Morgan fingerprint density at radius 1 is 1.29 bits per heavy atom. The normalized spacial score (nSPS) is 15.8. The predicted octanol–water partition coefficient (Wildman–Crippen LogP) is 3.94. The molecule has 0 spiro atoms. The second-order valence-electron chi connectivity index (χ2n) is 8.33. The molecule has 6 nitrogen and oxygen atoms in total. The molecule has 0 amide bonds. The van der Waals surface area contributed by atoms with Crippen molar-refractivity contribution in [1.82, 2.24) is 4.90 Å². The first-order valence-electron chi connectivity index (χ1n) is 10.1. The van der Waals surface area contributed by atoms with Crippen molar-refractivity contribution in [3.63, 3.8) is 0 Å². The maximum atomic E-state index is 14.9. The molecule has 0 aromatic heterocycles. The van der Waals surface area contributed by atoms with Gasteiger partial charge in [0, 0.05) is 12.8 Å². The number of nitrogens with zero attached hydrogens (tertiary/aromatic N) is 3. The van der Waals surface area contributed by atoms with E-state index >= 15 is 0 Å². The zero-order valence-electron chi connectivity index (χ0n) is 17.8. The lowest BCUT2D eigenvalue weighted by atomic mass is 9.87. The molecule has 0 unspecified atom stereocenters. The monoisotopic (exact) mass is 442 g/mol. The van der Waals surface area contributed by atoms with Crippen LogP contribution in [0.2, 0.25) is 0 Å². The largest absolute Gasteiger partial charge is 0.379 e. The minimum Gasteiger partial charge on any atom is -0.379 e. The number of nitriles is 1. The van der Waals surface area contributed by atoms with Gasteiger partial charge in [-0.05, 0) is 69.4 Å². The minimum absolute atomic E-state index is 0.0260. The lowest BCUT2D eigenvalue weighted by Crippen LogP contribution is -2.30. The molecule has 1 aliphatic carbocycles. The highest BCUT2D eigenvalue weighted by molar-refractivity contribution is 7.90. The smallest absolute Gasteiger partial charge is 0.281 e. The van der Waals surface area contributed by atoms with E-state index in [0.29, 0.717) is 0 Å². The van der Waals surface area contributed by atoms with Crippen molar-refractivity contribution < 1.29 is 12.8 Å². The van der Waals surface area contributed by atoms with E-state index < -0.39 is 15.8 Å². The number of nitrogens with one attached hydrogen (secondary N) is 1. The molecule has 1 fully saturated rings. The molecule has 0 radical (unpaired) electrons. The van der Waals surface area contributed by atoms with Crippen LogP contribution in [0.5, 0.6) is 0 Å². The number of hydrogen-bond acceptors (Lipinski definition) is 5. The zero-order chi connectivity index (χ0) is 22.6. The van der Waals surface area contributed by atoms with E-state index in [0.717, 1.165) is 44.4 Å². The van der Waals surface area contributed by atoms with Gasteiger partial charge in [0.25, 0.3) is 10.0 Å². The number of hydrogen-bond donors (Lipinski definition) is 1. The van der Waals surface area contributed by atoms with Gasteiger partial charge in [-0.1, -0.05) is 30.3 Å². The van der Waals surface area contributed by atoms with Gasteiger partial charge >= 0.3 is 0 Å². The fraction of sp³-hybridized carbons (Fsp3) is 0.391. The van der Waals surface area contributed by atoms with Crippen molar-refractivity contribution in [2.24, 2.45) is 4.40 Å². The van der Waals surface area contributed by atoms with Crippen molar-refractivity contribution in [2.45, 2.75) is 42.0 Å². The highest BCUT2D eigenvalue weighted by atomic mass is 32.2. The summed E-state index contributed by atoms with van der Waals surface area (Å²) in [6.07, 6.45) is 3.67.